The maximum absolute atomic E-state index is 13.0. The van der Waals surface area contributed by atoms with Gasteiger partial charge in [-0.2, -0.15) is 0 Å². The fraction of sp³-hybridized carbons (Fsp3) is 0.333. The van der Waals surface area contributed by atoms with Crippen LogP contribution in [0.1, 0.15) is 25.7 Å². The molecule has 0 aliphatic carbocycles. The Bertz CT molecular complexity index is 1050. The van der Waals surface area contributed by atoms with Crippen LogP contribution < -0.4 is 14.2 Å². The second-order valence-electron chi connectivity index (χ2n) is 6.35. The molecule has 0 saturated heterocycles. The zero-order valence-electron chi connectivity index (χ0n) is 15.6. The van der Waals surface area contributed by atoms with Crippen LogP contribution in [0, 0.1) is 5.92 Å². The second kappa shape index (κ2) is 7.53. The largest absolute Gasteiger partial charge is 0.493 e. The number of nitrogens with zero attached hydrogens (tertiary/aromatic N) is 3. The Hall–Kier alpha value is -2.65. The SMILES string of the molecule is COc1ccc(S(=O)(=O)N[C@H](c2nnc3ccccn23)C(C)C)cc1OC. The minimum atomic E-state index is -3.82. The number of pyridine rings is 1. The number of rotatable bonds is 7. The molecule has 2 aromatic heterocycles. The van der Waals surface area contributed by atoms with E-state index in [4.69, 9.17) is 9.47 Å². The number of fused-ring (bicyclic) bond motifs is 1. The van der Waals surface area contributed by atoms with E-state index in [9.17, 15) is 8.42 Å². The monoisotopic (exact) mass is 390 g/mol. The lowest BCUT2D eigenvalue weighted by atomic mass is 10.1. The Labute approximate surface area is 158 Å². The zero-order valence-corrected chi connectivity index (χ0v) is 16.4. The maximum Gasteiger partial charge on any atom is 0.241 e. The normalized spacial score (nSPS) is 13.1. The van der Waals surface area contributed by atoms with Crippen molar-refractivity contribution in [1.29, 1.82) is 0 Å². The molecule has 0 spiro atoms. The van der Waals surface area contributed by atoms with E-state index in [0.717, 1.165) is 0 Å². The van der Waals surface area contributed by atoms with Crippen LogP contribution in [0.25, 0.3) is 5.65 Å². The first-order valence-electron chi connectivity index (χ1n) is 8.41. The lowest BCUT2D eigenvalue weighted by molar-refractivity contribution is 0.353. The molecule has 1 N–H and O–H groups in total. The first-order chi connectivity index (χ1) is 12.9. The van der Waals surface area contributed by atoms with Crippen molar-refractivity contribution in [1.82, 2.24) is 19.3 Å². The molecule has 3 aromatic rings. The highest BCUT2D eigenvalue weighted by Gasteiger charge is 2.28. The molecule has 9 heteroatoms. The average molecular weight is 390 g/mol. The molecule has 144 valence electrons. The summed E-state index contributed by atoms with van der Waals surface area (Å²) in [7, 11) is -0.869. The fourth-order valence-electron chi connectivity index (χ4n) is 2.78. The summed E-state index contributed by atoms with van der Waals surface area (Å²) in [5.41, 5.74) is 0.656. The van der Waals surface area contributed by atoms with Crippen molar-refractivity contribution in [2.45, 2.75) is 24.8 Å². The van der Waals surface area contributed by atoms with Gasteiger partial charge in [0, 0.05) is 12.3 Å². The van der Waals surface area contributed by atoms with Crippen LogP contribution in [0.4, 0.5) is 0 Å². The van der Waals surface area contributed by atoms with E-state index >= 15 is 0 Å². The van der Waals surface area contributed by atoms with Gasteiger partial charge in [0.05, 0.1) is 25.2 Å². The molecule has 1 atom stereocenters. The standard InChI is InChI=1S/C18H22N4O4S/c1-12(2)17(18-20-19-16-7-5-6-10-22(16)18)21-27(23,24)13-8-9-14(25-3)15(11-13)26-4/h5-12,17,21H,1-4H3/t17-/m0/s1. The summed E-state index contributed by atoms with van der Waals surface area (Å²) in [6, 6.07) is 9.43. The molecule has 2 heterocycles. The number of methoxy groups -OCH3 is 2. The minimum absolute atomic E-state index is 0.0486. The molecule has 0 amide bonds. The number of hydrogen-bond donors (Lipinski definition) is 1. The topological polar surface area (TPSA) is 94.8 Å². The Balaban J connectivity index is 1.99. The summed E-state index contributed by atoms with van der Waals surface area (Å²) in [5.74, 6) is 1.28. The molecule has 0 fully saturated rings. The molecule has 0 unspecified atom stereocenters. The predicted molar refractivity (Wildman–Crippen MR) is 100 cm³/mol. The van der Waals surface area contributed by atoms with E-state index in [0.29, 0.717) is 23.0 Å². The molecule has 0 bridgehead atoms. The van der Waals surface area contributed by atoms with Gasteiger partial charge >= 0.3 is 0 Å². The number of benzene rings is 1. The molecule has 0 aliphatic heterocycles. The summed E-state index contributed by atoms with van der Waals surface area (Å²) < 4.78 is 40.9. The van der Waals surface area contributed by atoms with E-state index in [1.807, 2.05) is 38.2 Å². The second-order valence-corrected chi connectivity index (χ2v) is 8.06. The van der Waals surface area contributed by atoms with Crippen molar-refractivity contribution in [2.24, 2.45) is 5.92 Å². The van der Waals surface area contributed by atoms with Crippen molar-refractivity contribution < 1.29 is 17.9 Å². The third kappa shape index (κ3) is 3.74. The first kappa shape index (κ1) is 19.1. The molecule has 0 aliphatic rings. The molecule has 1 aromatic carbocycles. The van der Waals surface area contributed by atoms with Gasteiger partial charge in [0.15, 0.2) is 23.0 Å². The van der Waals surface area contributed by atoms with Gasteiger partial charge in [-0.3, -0.25) is 4.40 Å². The highest BCUT2D eigenvalue weighted by molar-refractivity contribution is 7.89. The number of aromatic nitrogens is 3. The average Bonchev–Trinajstić information content (AvgIpc) is 3.09. The Kier molecular flexibility index (Phi) is 5.33. The zero-order chi connectivity index (χ0) is 19.6. The Morgan fingerprint density at radius 3 is 2.44 bits per heavy atom. The summed E-state index contributed by atoms with van der Waals surface area (Å²) >= 11 is 0. The van der Waals surface area contributed by atoms with E-state index in [1.165, 1.54) is 26.4 Å². The maximum atomic E-state index is 13.0. The van der Waals surface area contributed by atoms with Gasteiger partial charge in [-0.1, -0.05) is 19.9 Å². The van der Waals surface area contributed by atoms with E-state index in [2.05, 4.69) is 14.9 Å². The highest BCUT2D eigenvalue weighted by Crippen LogP contribution is 2.30. The third-order valence-corrected chi connectivity index (χ3v) is 5.67. The van der Waals surface area contributed by atoms with E-state index in [1.54, 1.807) is 10.5 Å². The molecular weight excluding hydrogens is 368 g/mol. The number of ether oxygens (including phenoxy) is 2. The van der Waals surface area contributed by atoms with Crippen molar-refractivity contribution in [3.05, 3.63) is 48.4 Å². The van der Waals surface area contributed by atoms with Crippen LogP contribution in [0.15, 0.2) is 47.5 Å². The Morgan fingerprint density at radius 2 is 1.78 bits per heavy atom. The van der Waals surface area contributed by atoms with Crippen molar-refractivity contribution in [2.75, 3.05) is 14.2 Å². The predicted octanol–water partition coefficient (Wildman–Crippen LogP) is 2.42. The molecule has 0 saturated carbocycles. The quantitative estimate of drug-likeness (QED) is 0.666. The van der Waals surface area contributed by atoms with Crippen LogP contribution >= 0.6 is 0 Å². The van der Waals surface area contributed by atoms with Crippen molar-refractivity contribution >= 4 is 15.7 Å². The van der Waals surface area contributed by atoms with Crippen LogP contribution in [0.3, 0.4) is 0 Å². The summed E-state index contributed by atoms with van der Waals surface area (Å²) in [4.78, 5) is 0.0830. The number of nitrogens with one attached hydrogen (secondary N) is 1. The third-order valence-electron chi connectivity index (χ3n) is 4.23. The summed E-state index contributed by atoms with van der Waals surface area (Å²) in [5, 5.41) is 8.31. The van der Waals surface area contributed by atoms with Gasteiger partial charge in [-0.15, -0.1) is 10.2 Å². The smallest absolute Gasteiger partial charge is 0.241 e. The minimum Gasteiger partial charge on any atom is -0.493 e. The lowest BCUT2D eigenvalue weighted by Crippen LogP contribution is -2.33. The van der Waals surface area contributed by atoms with Gasteiger partial charge in [-0.25, -0.2) is 13.1 Å². The molecule has 8 nitrogen and oxygen atoms in total. The summed E-state index contributed by atoms with van der Waals surface area (Å²) in [6.45, 7) is 3.84. The van der Waals surface area contributed by atoms with Gasteiger partial charge in [0.25, 0.3) is 0 Å². The summed E-state index contributed by atoms with van der Waals surface area (Å²) in [6.07, 6.45) is 1.81. The van der Waals surface area contributed by atoms with Gasteiger partial charge in [0.1, 0.15) is 0 Å². The van der Waals surface area contributed by atoms with E-state index < -0.39 is 16.1 Å². The molecule has 0 radical (unpaired) electrons. The Morgan fingerprint density at radius 1 is 1.04 bits per heavy atom. The fourth-order valence-corrected chi connectivity index (χ4v) is 4.14. The van der Waals surface area contributed by atoms with Crippen LogP contribution in [0.2, 0.25) is 0 Å². The molecule has 27 heavy (non-hydrogen) atoms. The van der Waals surface area contributed by atoms with Crippen molar-refractivity contribution in [3.63, 3.8) is 0 Å². The van der Waals surface area contributed by atoms with E-state index in [-0.39, 0.29) is 10.8 Å². The van der Waals surface area contributed by atoms with Crippen LogP contribution in [-0.4, -0.2) is 37.2 Å². The number of sulfonamides is 1. The first-order valence-corrected chi connectivity index (χ1v) is 9.89. The molecule has 3 rings (SSSR count). The van der Waals surface area contributed by atoms with Gasteiger partial charge in [0.2, 0.25) is 10.0 Å². The van der Waals surface area contributed by atoms with Crippen molar-refractivity contribution in [3.8, 4) is 11.5 Å². The van der Waals surface area contributed by atoms with Gasteiger partial charge < -0.3 is 9.47 Å². The highest BCUT2D eigenvalue weighted by atomic mass is 32.2. The van der Waals surface area contributed by atoms with Crippen LogP contribution in [-0.2, 0) is 10.0 Å². The number of hydrogen-bond acceptors (Lipinski definition) is 6. The molecular formula is C18H22N4O4S. The van der Waals surface area contributed by atoms with Crippen LogP contribution in [0.5, 0.6) is 11.5 Å². The van der Waals surface area contributed by atoms with Gasteiger partial charge in [-0.05, 0) is 30.2 Å². The lowest BCUT2D eigenvalue weighted by Gasteiger charge is -2.21.